The van der Waals surface area contributed by atoms with Gasteiger partial charge in [0.15, 0.2) is 0 Å². The number of aliphatic carboxylic acids is 1. The molecule has 0 radical (unpaired) electrons. The fourth-order valence-corrected chi connectivity index (χ4v) is 2.32. The number of carboxylic acids is 1. The van der Waals surface area contributed by atoms with Gasteiger partial charge in [-0.1, -0.05) is 38.4 Å². The van der Waals surface area contributed by atoms with Gasteiger partial charge in [0, 0.05) is 5.02 Å². The Labute approximate surface area is 101 Å². The molecule has 1 aromatic carbocycles. The molecule has 1 aromatic rings. The summed E-state index contributed by atoms with van der Waals surface area (Å²) in [5.41, 5.74) is 2.21. The normalized spacial score (nSPS) is 22.0. The Morgan fingerprint density at radius 1 is 1.44 bits per heavy atom. The molecule has 0 spiro atoms. The van der Waals surface area contributed by atoms with Crippen LogP contribution in [0.25, 0.3) is 0 Å². The second-order valence-corrected chi connectivity index (χ2v) is 4.22. The van der Waals surface area contributed by atoms with Crippen LogP contribution in [0.3, 0.4) is 0 Å². The summed E-state index contributed by atoms with van der Waals surface area (Å²) < 4.78 is 0. The molecule has 2 atom stereocenters. The topological polar surface area (TPSA) is 37.3 Å². The molecule has 1 aliphatic carbocycles. The van der Waals surface area contributed by atoms with E-state index in [0.29, 0.717) is 11.4 Å². The van der Waals surface area contributed by atoms with Crippen molar-refractivity contribution in [2.45, 2.75) is 33.1 Å². The molecule has 88 valence electrons. The number of carboxylic acid groups (broad SMARTS) is 1. The van der Waals surface area contributed by atoms with E-state index in [4.69, 9.17) is 16.7 Å². The molecule has 0 saturated heterocycles. The summed E-state index contributed by atoms with van der Waals surface area (Å²) in [4.78, 5) is 10.9. The zero-order valence-electron chi connectivity index (χ0n) is 9.83. The quantitative estimate of drug-likeness (QED) is 0.812. The van der Waals surface area contributed by atoms with Crippen molar-refractivity contribution in [3.05, 3.63) is 34.3 Å². The molecule has 0 heterocycles. The molecular weight excluding hydrogens is 224 g/mol. The number of fused-ring (bicyclic) bond motifs is 1. The van der Waals surface area contributed by atoms with Crippen molar-refractivity contribution in [1.82, 2.24) is 0 Å². The lowest BCUT2D eigenvalue weighted by Crippen LogP contribution is -2.16. The third kappa shape index (κ3) is 2.38. The van der Waals surface area contributed by atoms with Gasteiger partial charge in [0.1, 0.15) is 0 Å². The average Bonchev–Trinajstić information content (AvgIpc) is 2.58. The van der Waals surface area contributed by atoms with Crippen LogP contribution in [-0.2, 0) is 11.2 Å². The van der Waals surface area contributed by atoms with E-state index in [9.17, 15) is 4.79 Å². The third-order valence-electron chi connectivity index (χ3n) is 2.96. The summed E-state index contributed by atoms with van der Waals surface area (Å²) in [6, 6.07) is 5.63. The van der Waals surface area contributed by atoms with E-state index in [-0.39, 0.29) is 11.8 Å². The Kier molecular flexibility index (Phi) is 4.36. The van der Waals surface area contributed by atoms with E-state index in [1.807, 2.05) is 39.0 Å². The predicted molar refractivity (Wildman–Crippen MR) is 66.0 cm³/mol. The fraction of sp³-hybridized carbons (Fsp3) is 0.462. The summed E-state index contributed by atoms with van der Waals surface area (Å²) in [6.45, 7) is 5.96. The van der Waals surface area contributed by atoms with Crippen LogP contribution in [0.2, 0.25) is 5.02 Å². The maximum absolute atomic E-state index is 10.9. The van der Waals surface area contributed by atoms with Gasteiger partial charge in [-0.05, 0) is 35.6 Å². The molecule has 16 heavy (non-hydrogen) atoms. The number of benzene rings is 1. The first kappa shape index (κ1) is 13.0. The fourth-order valence-electron chi connectivity index (χ4n) is 2.13. The van der Waals surface area contributed by atoms with Gasteiger partial charge in [0.2, 0.25) is 0 Å². The van der Waals surface area contributed by atoms with Gasteiger partial charge in [-0.2, -0.15) is 0 Å². The molecule has 0 aliphatic heterocycles. The molecule has 2 rings (SSSR count). The van der Waals surface area contributed by atoms with Gasteiger partial charge < -0.3 is 5.11 Å². The van der Waals surface area contributed by atoms with Crippen molar-refractivity contribution in [1.29, 1.82) is 0 Å². The van der Waals surface area contributed by atoms with Crippen LogP contribution in [-0.4, -0.2) is 11.1 Å². The first-order valence-electron chi connectivity index (χ1n) is 5.60. The number of carbonyl (C=O) groups is 1. The molecule has 0 amide bonds. The molecule has 1 aliphatic rings. The van der Waals surface area contributed by atoms with Crippen molar-refractivity contribution >= 4 is 17.6 Å². The Morgan fingerprint density at radius 2 is 2.06 bits per heavy atom. The summed E-state index contributed by atoms with van der Waals surface area (Å²) >= 11 is 5.85. The molecule has 1 N–H and O–H groups in total. The number of hydrogen-bond acceptors (Lipinski definition) is 1. The van der Waals surface area contributed by atoms with Gasteiger partial charge in [-0.3, -0.25) is 4.79 Å². The molecule has 0 bridgehead atoms. The summed E-state index contributed by atoms with van der Waals surface area (Å²) in [7, 11) is 0. The van der Waals surface area contributed by atoms with Crippen LogP contribution in [0.5, 0.6) is 0 Å². The zero-order chi connectivity index (χ0) is 12.3. The monoisotopic (exact) mass is 240 g/mol. The molecule has 2 unspecified atom stereocenters. The van der Waals surface area contributed by atoms with Crippen LogP contribution in [0, 0.1) is 5.92 Å². The Hall–Kier alpha value is -1.02. The predicted octanol–water partition coefficient (Wildman–Crippen LogP) is 3.73. The Bertz CT molecular complexity index is 388. The average molecular weight is 241 g/mol. The molecular formula is C13H17ClO2. The molecule has 0 saturated carbocycles. The first-order chi connectivity index (χ1) is 7.59. The largest absolute Gasteiger partial charge is 0.481 e. The maximum Gasteiger partial charge on any atom is 0.307 e. The highest BCUT2D eigenvalue weighted by molar-refractivity contribution is 6.30. The summed E-state index contributed by atoms with van der Waals surface area (Å²) in [5, 5.41) is 9.67. The second kappa shape index (κ2) is 5.35. The van der Waals surface area contributed by atoms with Crippen LogP contribution in [0.4, 0.5) is 0 Å². The van der Waals surface area contributed by atoms with Crippen molar-refractivity contribution in [3.63, 3.8) is 0 Å². The Morgan fingerprint density at radius 3 is 2.62 bits per heavy atom. The number of hydrogen-bond donors (Lipinski definition) is 1. The van der Waals surface area contributed by atoms with Crippen molar-refractivity contribution in [2.75, 3.05) is 0 Å². The van der Waals surface area contributed by atoms with Gasteiger partial charge in [0.25, 0.3) is 0 Å². The summed E-state index contributed by atoms with van der Waals surface area (Å²) in [6.07, 6.45) is 0.604. The number of halogens is 1. The van der Waals surface area contributed by atoms with Crippen molar-refractivity contribution < 1.29 is 9.90 Å². The van der Waals surface area contributed by atoms with E-state index in [1.54, 1.807) is 0 Å². The molecule has 2 nitrogen and oxygen atoms in total. The number of rotatable bonds is 1. The van der Waals surface area contributed by atoms with Gasteiger partial charge in [0.05, 0.1) is 5.92 Å². The standard InChI is InChI=1S/C11H11ClO2.C2H6/c1-6-9-3-2-8(12)4-7(9)5-10(6)11(13)14;1-2/h2-4,6,10H,5H2,1H3,(H,13,14);1-2H3. The lowest BCUT2D eigenvalue weighted by molar-refractivity contribution is -0.142. The molecule has 3 heteroatoms. The highest BCUT2D eigenvalue weighted by Crippen LogP contribution is 2.38. The Balaban J connectivity index is 0.000000606. The van der Waals surface area contributed by atoms with E-state index >= 15 is 0 Å². The SMILES string of the molecule is CC.CC1c2ccc(Cl)cc2CC1C(=O)O. The minimum absolute atomic E-state index is 0.0970. The molecule has 0 fully saturated rings. The van der Waals surface area contributed by atoms with Crippen LogP contribution in [0.15, 0.2) is 18.2 Å². The van der Waals surface area contributed by atoms with E-state index in [2.05, 4.69) is 0 Å². The lowest BCUT2D eigenvalue weighted by atomic mass is 9.95. The van der Waals surface area contributed by atoms with Crippen LogP contribution in [0.1, 0.15) is 37.8 Å². The third-order valence-corrected chi connectivity index (χ3v) is 3.19. The van der Waals surface area contributed by atoms with E-state index in [0.717, 1.165) is 11.1 Å². The zero-order valence-corrected chi connectivity index (χ0v) is 10.6. The van der Waals surface area contributed by atoms with E-state index in [1.165, 1.54) is 0 Å². The molecule has 0 aromatic heterocycles. The van der Waals surface area contributed by atoms with Crippen molar-refractivity contribution in [3.8, 4) is 0 Å². The minimum atomic E-state index is -0.718. The van der Waals surface area contributed by atoms with Crippen LogP contribution >= 0.6 is 11.6 Å². The smallest absolute Gasteiger partial charge is 0.307 e. The highest BCUT2D eigenvalue weighted by atomic mass is 35.5. The van der Waals surface area contributed by atoms with Gasteiger partial charge >= 0.3 is 5.97 Å². The van der Waals surface area contributed by atoms with Crippen molar-refractivity contribution in [2.24, 2.45) is 5.92 Å². The minimum Gasteiger partial charge on any atom is -0.481 e. The summed E-state index contributed by atoms with van der Waals surface area (Å²) in [5.74, 6) is -0.909. The maximum atomic E-state index is 10.9. The van der Waals surface area contributed by atoms with Gasteiger partial charge in [-0.15, -0.1) is 0 Å². The highest BCUT2D eigenvalue weighted by Gasteiger charge is 2.33. The second-order valence-electron chi connectivity index (χ2n) is 3.78. The van der Waals surface area contributed by atoms with Gasteiger partial charge in [-0.25, -0.2) is 0 Å². The van der Waals surface area contributed by atoms with Crippen LogP contribution < -0.4 is 0 Å². The lowest BCUT2D eigenvalue weighted by Gasteiger charge is -2.09. The van der Waals surface area contributed by atoms with E-state index < -0.39 is 5.97 Å². The first-order valence-corrected chi connectivity index (χ1v) is 5.98.